The van der Waals surface area contributed by atoms with E-state index in [1.165, 1.54) is 11.3 Å². The summed E-state index contributed by atoms with van der Waals surface area (Å²) in [6.07, 6.45) is 0.535. The highest BCUT2D eigenvalue weighted by Crippen LogP contribution is 2.26. The monoisotopic (exact) mass is 428 g/mol. The van der Waals surface area contributed by atoms with Crippen molar-refractivity contribution in [2.75, 3.05) is 26.2 Å². The van der Waals surface area contributed by atoms with Crippen LogP contribution in [-0.2, 0) is 22.4 Å². The fourth-order valence-electron chi connectivity index (χ4n) is 3.38. The lowest BCUT2D eigenvalue weighted by atomic mass is 10.1. The number of carbonyl (C=O) groups excluding carboxylic acids is 2. The molecule has 160 valence electrons. The highest BCUT2D eigenvalue weighted by Gasteiger charge is 2.18. The second kappa shape index (κ2) is 9.80. The van der Waals surface area contributed by atoms with Gasteiger partial charge in [0.05, 0.1) is 12.8 Å². The van der Waals surface area contributed by atoms with Crippen molar-refractivity contribution < 1.29 is 9.59 Å². The van der Waals surface area contributed by atoms with E-state index in [2.05, 4.69) is 15.3 Å². The van der Waals surface area contributed by atoms with E-state index in [4.69, 9.17) is 0 Å². The van der Waals surface area contributed by atoms with Crippen molar-refractivity contribution >= 4 is 28.1 Å². The van der Waals surface area contributed by atoms with Crippen LogP contribution in [0.15, 0.2) is 24.3 Å². The van der Waals surface area contributed by atoms with Crippen LogP contribution in [-0.4, -0.2) is 67.6 Å². The van der Waals surface area contributed by atoms with Gasteiger partial charge in [-0.05, 0) is 39.3 Å². The van der Waals surface area contributed by atoms with Gasteiger partial charge in [0.1, 0.15) is 5.01 Å². The zero-order chi connectivity index (χ0) is 21.7. The van der Waals surface area contributed by atoms with E-state index in [0.717, 1.165) is 16.1 Å². The van der Waals surface area contributed by atoms with Crippen LogP contribution in [0.1, 0.15) is 39.1 Å². The quantitative estimate of drug-likeness (QED) is 0.523. The van der Waals surface area contributed by atoms with Crippen LogP contribution >= 0.6 is 11.3 Å². The molecule has 1 aromatic carbocycles. The summed E-state index contributed by atoms with van der Waals surface area (Å²) in [6, 6.07) is 7.86. The van der Waals surface area contributed by atoms with Crippen molar-refractivity contribution in [1.29, 1.82) is 0 Å². The smallest absolute Gasteiger partial charge is 0.234 e. The third-order valence-electron chi connectivity index (χ3n) is 5.13. The van der Waals surface area contributed by atoms with Crippen LogP contribution < -0.4 is 0 Å². The van der Waals surface area contributed by atoms with Gasteiger partial charge in [-0.15, -0.1) is 10.2 Å². The first-order valence-corrected chi connectivity index (χ1v) is 11.2. The van der Waals surface area contributed by atoms with Gasteiger partial charge in [-0.2, -0.15) is 9.61 Å². The first kappa shape index (κ1) is 21.9. The Balaban J connectivity index is 1.82. The van der Waals surface area contributed by atoms with E-state index < -0.39 is 0 Å². The van der Waals surface area contributed by atoms with Gasteiger partial charge in [0.25, 0.3) is 0 Å². The summed E-state index contributed by atoms with van der Waals surface area (Å²) in [5.41, 5.74) is 1.88. The van der Waals surface area contributed by atoms with Crippen LogP contribution in [0.4, 0.5) is 0 Å². The van der Waals surface area contributed by atoms with Gasteiger partial charge in [-0.25, -0.2) is 0 Å². The molecule has 2 amide bonds. The number of benzene rings is 1. The molecule has 30 heavy (non-hydrogen) atoms. The molecule has 0 unspecified atom stereocenters. The van der Waals surface area contributed by atoms with Crippen molar-refractivity contribution in [2.24, 2.45) is 0 Å². The Bertz CT molecular complexity index is 1020. The number of rotatable bonds is 9. The summed E-state index contributed by atoms with van der Waals surface area (Å²) in [6.45, 7) is 10.6. The fourth-order valence-corrected chi connectivity index (χ4v) is 4.24. The molecule has 2 aromatic heterocycles. The average molecular weight is 429 g/mol. The number of likely N-dealkylation sites (N-methyl/N-ethyl adjacent to an activating group) is 2. The Labute approximate surface area is 180 Å². The molecule has 0 aliphatic heterocycles. The molecule has 0 bridgehead atoms. The fraction of sp³-hybridized carbons (Fsp3) is 0.476. The number of amides is 2. The zero-order valence-corrected chi connectivity index (χ0v) is 18.8. The van der Waals surface area contributed by atoms with Gasteiger partial charge < -0.3 is 9.80 Å². The molecule has 0 saturated carbocycles. The van der Waals surface area contributed by atoms with Crippen LogP contribution in [0.5, 0.6) is 0 Å². The van der Waals surface area contributed by atoms with E-state index >= 15 is 0 Å². The lowest BCUT2D eigenvalue weighted by molar-refractivity contribution is -0.131. The number of nitrogens with zero attached hydrogens (tertiary/aromatic N) is 6. The summed E-state index contributed by atoms with van der Waals surface area (Å²) in [7, 11) is 0. The van der Waals surface area contributed by atoms with E-state index in [-0.39, 0.29) is 18.2 Å². The van der Waals surface area contributed by atoms with Crippen LogP contribution in [0, 0.1) is 0 Å². The molecule has 3 rings (SSSR count). The minimum atomic E-state index is 0.0146. The highest BCUT2D eigenvalue weighted by atomic mass is 32.1. The standard InChI is InChI=1S/C21H28N6O2S/c1-5-25(6-2)18(28)13-15-10-9-11-16(12-15)20-24-27-17(22-23-21(27)30-20)14-19(29)26(7-3)8-4/h9-12H,5-8,13-14H2,1-4H3. The lowest BCUT2D eigenvalue weighted by Gasteiger charge is -2.18. The second-order valence-electron chi connectivity index (χ2n) is 6.90. The van der Waals surface area contributed by atoms with Crippen molar-refractivity contribution in [1.82, 2.24) is 29.6 Å². The zero-order valence-electron chi connectivity index (χ0n) is 18.0. The van der Waals surface area contributed by atoms with Crippen molar-refractivity contribution in [2.45, 2.75) is 40.5 Å². The molecule has 0 aliphatic carbocycles. The molecular formula is C21H28N6O2S. The highest BCUT2D eigenvalue weighted by molar-refractivity contribution is 7.19. The number of carbonyl (C=O) groups is 2. The molecule has 0 spiro atoms. The maximum Gasteiger partial charge on any atom is 0.234 e. The third kappa shape index (κ3) is 4.67. The Hall–Kier alpha value is -2.81. The summed E-state index contributed by atoms with van der Waals surface area (Å²) < 4.78 is 1.65. The van der Waals surface area contributed by atoms with E-state index in [1.807, 2.05) is 56.9 Å². The molecule has 0 saturated heterocycles. The Morgan fingerprint density at radius 1 is 0.933 bits per heavy atom. The molecule has 0 fully saturated rings. The molecule has 2 heterocycles. The molecule has 9 heteroatoms. The summed E-state index contributed by atoms with van der Waals surface area (Å²) in [5.74, 6) is 0.672. The molecule has 0 N–H and O–H groups in total. The first-order valence-electron chi connectivity index (χ1n) is 10.4. The average Bonchev–Trinajstić information content (AvgIpc) is 3.32. The van der Waals surface area contributed by atoms with Crippen molar-refractivity contribution in [3.63, 3.8) is 0 Å². The molecule has 0 radical (unpaired) electrons. The molecule has 3 aromatic rings. The first-order chi connectivity index (χ1) is 14.5. The number of hydrogen-bond acceptors (Lipinski definition) is 6. The van der Waals surface area contributed by atoms with Gasteiger partial charge in [-0.3, -0.25) is 9.59 Å². The van der Waals surface area contributed by atoms with Crippen molar-refractivity contribution in [3.05, 3.63) is 35.7 Å². The molecule has 0 atom stereocenters. The second-order valence-corrected chi connectivity index (χ2v) is 7.86. The topological polar surface area (TPSA) is 83.7 Å². The maximum atomic E-state index is 12.4. The Morgan fingerprint density at radius 2 is 1.57 bits per heavy atom. The maximum absolute atomic E-state index is 12.4. The van der Waals surface area contributed by atoms with E-state index in [1.54, 1.807) is 9.42 Å². The predicted octanol–water partition coefficient (Wildman–Crippen LogP) is 2.67. The molecular weight excluding hydrogens is 400 g/mol. The van der Waals surface area contributed by atoms with E-state index in [9.17, 15) is 9.59 Å². The van der Waals surface area contributed by atoms with Gasteiger partial charge in [-0.1, -0.05) is 29.5 Å². The van der Waals surface area contributed by atoms with Gasteiger partial charge in [0.2, 0.25) is 16.8 Å². The summed E-state index contributed by atoms with van der Waals surface area (Å²) in [5, 5.41) is 13.7. The minimum Gasteiger partial charge on any atom is -0.343 e. The van der Waals surface area contributed by atoms with Crippen LogP contribution in [0.25, 0.3) is 15.5 Å². The van der Waals surface area contributed by atoms with Gasteiger partial charge in [0.15, 0.2) is 5.82 Å². The normalized spacial score (nSPS) is 11.1. The van der Waals surface area contributed by atoms with Crippen molar-refractivity contribution in [3.8, 4) is 10.6 Å². The Morgan fingerprint density at radius 3 is 2.20 bits per heavy atom. The van der Waals surface area contributed by atoms with Gasteiger partial charge in [0, 0.05) is 31.7 Å². The summed E-state index contributed by atoms with van der Waals surface area (Å²) >= 11 is 1.42. The third-order valence-corrected chi connectivity index (χ3v) is 6.07. The predicted molar refractivity (Wildman–Crippen MR) is 117 cm³/mol. The largest absolute Gasteiger partial charge is 0.343 e. The number of fused-ring (bicyclic) bond motifs is 1. The SMILES string of the molecule is CCN(CC)C(=O)Cc1cccc(-c2nn3c(CC(=O)N(CC)CC)nnc3s2)c1. The number of hydrogen-bond donors (Lipinski definition) is 0. The molecule has 0 aliphatic rings. The molecule has 8 nitrogen and oxygen atoms in total. The number of aromatic nitrogens is 4. The minimum absolute atomic E-state index is 0.0146. The van der Waals surface area contributed by atoms with E-state index in [0.29, 0.717) is 43.4 Å². The van der Waals surface area contributed by atoms with Crippen LogP contribution in [0.2, 0.25) is 0 Å². The van der Waals surface area contributed by atoms with Crippen LogP contribution in [0.3, 0.4) is 0 Å². The lowest BCUT2D eigenvalue weighted by Crippen LogP contribution is -2.32. The van der Waals surface area contributed by atoms with Gasteiger partial charge >= 0.3 is 0 Å². The summed E-state index contributed by atoms with van der Waals surface area (Å²) in [4.78, 5) is 29.1. The Kier molecular flexibility index (Phi) is 7.15.